The number of benzene rings is 2. The van der Waals surface area contributed by atoms with Gasteiger partial charge in [0.1, 0.15) is 5.75 Å². The SMILES string of the molecule is COc1cccc(C(O)CS(=O)(=O)Cc2cc(C)cc(C)c2)c1. The van der Waals surface area contributed by atoms with Crippen molar-refractivity contribution >= 4 is 9.84 Å². The van der Waals surface area contributed by atoms with Gasteiger partial charge in [-0.2, -0.15) is 0 Å². The predicted octanol–water partition coefficient (Wildman–Crippen LogP) is 2.96. The summed E-state index contributed by atoms with van der Waals surface area (Å²) in [6.07, 6.45) is -1.07. The van der Waals surface area contributed by atoms with Crippen molar-refractivity contribution in [1.29, 1.82) is 0 Å². The Hall–Kier alpha value is -1.85. The van der Waals surface area contributed by atoms with Crippen molar-refractivity contribution in [2.45, 2.75) is 25.7 Å². The Morgan fingerprint density at radius 1 is 1.09 bits per heavy atom. The van der Waals surface area contributed by atoms with E-state index >= 15 is 0 Å². The second-order valence-electron chi connectivity index (χ2n) is 5.84. The van der Waals surface area contributed by atoms with Gasteiger partial charge in [-0.3, -0.25) is 0 Å². The first-order valence-electron chi connectivity index (χ1n) is 7.39. The summed E-state index contributed by atoms with van der Waals surface area (Å²) in [6, 6.07) is 12.6. The summed E-state index contributed by atoms with van der Waals surface area (Å²) in [5.74, 6) is 0.206. The van der Waals surface area contributed by atoms with Gasteiger partial charge >= 0.3 is 0 Å². The highest BCUT2D eigenvalue weighted by molar-refractivity contribution is 7.90. The van der Waals surface area contributed by atoms with Crippen molar-refractivity contribution in [3.8, 4) is 5.75 Å². The molecule has 1 N–H and O–H groups in total. The van der Waals surface area contributed by atoms with Gasteiger partial charge in [-0.25, -0.2) is 8.42 Å². The van der Waals surface area contributed by atoms with E-state index < -0.39 is 15.9 Å². The third kappa shape index (κ3) is 5.08. The van der Waals surface area contributed by atoms with Crippen LogP contribution in [0, 0.1) is 13.8 Å². The number of aryl methyl sites for hydroxylation is 2. The summed E-state index contributed by atoms with van der Waals surface area (Å²) in [6.45, 7) is 3.88. The lowest BCUT2D eigenvalue weighted by Crippen LogP contribution is -2.16. The van der Waals surface area contributed by atoms with Gasteiger partial charge in [0.25, 0.3) is 0 Å². The molecule has 0 saturated heterocycles. The van der Waals surface area contributed by atoms with Gasteiger partial charge in [-0.05, 0) is 37.1 Å². The average Bonchev–Trinajstić information content (AvgIpc) is 2.45. The zero-order chi connectivity index (χ0) is 17.0. The molecule has 23 heavy (non-hydrogen) atoms. The Bertz CT molecular complexity index is 761. The molecular formula is C18H22O4S. The molecule has 0 heterocycles. The first kappa shape index (κ1) is 17.5. The van der Waals surface area contributed by atoms with Gasteiger partial charge in [-0.1, -0.05) is 41.5 Å². The number of aliphatic hydroxyl groups is 1. The molecule has 2 aromatic carbocycles. The molecule has 0 aliphatic carbocycles. The van der Waals surface area contributed by atoms with Crippen molar-refractivity contribution in [2.24, 2.45) is 0 Å². The van der Waals surface area contributed by atoms with Crippen LogP contribution in [0.5, 0.6) is 5.75 Å². The highest BCUT2D eigenvalue weighted by atomic mass is 32.2. The number of methoxy groups -OCH3 is 1. The Balaban J connectivity index is 2.13. The second kappa shape index (κ2) is 7.15. The Labute approximate surface area is 137 Å². The van der Waals surface area contributed by atoms with Gasteiger partial charge in [0.2, 0.25) is 0 Å². The van der Waals surface area contributed by atoms with Gasteiger partial charge in [-0.15, -0.1) is 0 Å². The summed E-state index contributed by atoms with van der Waals surface area (Å²) in [7, 11) is -1.90. The van der Waals surface area contributed by atoms with Crippen molar-refractivity contribution < 1.29 is 18.3 Å². The van der Waals surface area contributed by atoms with Crippen LogP contribution in [0.15, 0.2) is 42.5 Å². The molecule has 0 aliphatic heterocycles. The summed E-state index contributed by atoms with van der Waals surface area (Å²) in [5.41, 5.74) is 3.35. The number of ether oxygens (including phenoxy) is 1. The molecule has 4 nitrogen and oxygen atoms in total. The Morgan fingerprint density at radius 2 is 1.74 bits per heavy atom. The number of aliphatic hydroxyl groups excluding tert-OH is 1. The minimum Gasteiger partial charge on any atom is -0.497 e. The van der Waals surface area contributed by atoms with Crippen LogP contribution < -0.4 is 4.74 Å². The molecule has 0 spiro atoms. The normalized spacial score (nSPS) is 12.9. The number of sulfone groups is 1. The molecule has 0 amide bonds. The number of hydrogen-bond acceptors (Lipinski definition) is 4. The second-order valence-corrected chi connectivity index (χ2v) is 7.95. The van der Waals surface area contributed by atoms with Gasteiger partial charge in [0.15, 0.2) is 9.84 Å². The topological polar surface area (TPSA) is 63.6 Å². The van der Waals surface area contributed by atoms with Gasteiger partial charge in [0.05, 0.1) is 24.7 Å². The molecule has 0 bridgehead atoms. The van der Waals surface area contributed by atoms with Gasteiger partial charge < -0.3 is 9.84 Å². The number of hydrogen-bond donors (Lipinski definition) is 1. The molecule has 124 valence electrons. The highest BCUT2D eigenvalue weighted by Crippen LogP contribution is 2.22. The van der Waals surface area contributed by atoms with E-state index in [-0.39, 0.29) is 11.5 Å². The third-order valence-electron chi connectivity index (χ3n) is 3.56. The standard InChI is InChI=1S/C18H22O4S/c1-13-7-14(2)9-15(8-13)11-23(20,21)12-18(19)16-5-4-6-17(10-16)22-3/h4-10,18-19H,11-12H2,1-3H3. The van der Waals surface area contributed by atoms with E-state index in [2.05, 4.69) is 0 Å². The molecule has 0 aromatic heterocycles. The van der Waals surface area contributed by atoms with E-state index in [1.807, 2.05) is 32.0 Å². The quantitative estimate of drug-likeness (QED) is 0.882. The van der Waals surface area contributed by atoms with E-state index in [9.17, 15) is 13.5 Å². The molecule has 0 saturated carbocycles. The maximum atomic E-state index is 12.4. The van der Waals surface area contributed by atoms with Crippen molar-refractivity contribution in [3.63, 3.8) is 0 Å². The van der Waals surface area contributed by atoms with Crippen LogP contribution in [-0.4, -0.2) is 26.4 Å². The lowest BCUT2D eigenvalue weighted by molar-refractivity contribution is 0.201. The fraction of sp³-hybridized carbons (Fsp3) is 0.333. The largest absolute Gasteiger partial charge is 0.497 e. The molecular weight excluding hydrogens is 312 g/mol. The predicted molar refractivity (Wildman–Crippen MR) is 91.4 cm³/mol. The van der Waals surface area contributed by atoms with Crippen LogP contribution in [0.1, 0.15) is 28.4 Å². The molecule has 0 aliphatic rings. The first-order valence-corrected chi connectivity index (χ1v) is 9.21. The minimum absolute atomic E-state index is 0.0729. The monoisotopic (exact) mass is 334 g/mol. The molecule has 0 radical (unpaired) electrons. The van der Waals surface area contributed by atoms with E-state index in [1.165, 1.54) is 7.11 Å². The number of rotatable bonds is 6. The summed E-state index contributed by atoms with van der Waals surface area (Å²) >= 11 is 0. The van der Waals surface area contributed by atoms with Crippen LogP contribution in [0.25, 0.3) is 0 Å². The van der Waals surface area contributed by atoms with Gasteiger partial charge in [0, 0.05) is 0 Å². The first-order chi connectivity index (χ1) is 10.8. The Morgan fingerprint density at radius 3 is 2.35 bits per heavy atom. The van der Waals surface area contributed by atoms with Crippen LogP contribution in [0.2, 0.25) is 0 Å². The maximum Gasteiger partial charge on any atom is 0.157 e. The smallest absolute Gasteiger partial charge is 0.157 e. The fourth-order valence-corrected chi connectivity index (χ4v) is 4.12. The molecule has 0 fully saturated rings. The van der Waals surface area contributed by atoms with Crippen molar-refractivity contribution in [2.75, 3.05) is 12.9 Å². The lowest BCUT2D eigenvalue weighted by Gasteiger charge is -2.13. The van der Waals surface area contributed by atoms with Crippen LogP contribution in [0.3, 0.4) is 0 Å². The Kier molecular flexibility index (Phi) is 5.44. The van der Waals surface area contributed by atoms with Crippen LogP contribution in [0.4, 0.5) is 0 Å². The fourth-order valence-electron chi connectivity index (χ4n) is 2.65. The molecule has 5 heteroatoms. The van der Waals surface area contributed by atoms with E-state index in [1.54, 1.807) is 24.3 Å². The zero-order valence-electron chi connectivity index (χ0n) is 13.6. The molecule has 1 atom stereocenters. The highest BCUT2D eigenvalue weighted by Gasteiger charge is 2.20. The van der Waals surface area contributed by atoms with Crippen LogP contribution >= 0.6 is 0 Å². The zero-order valence-corrected chi connectivity index (χ0v) is 14.4. The molecule has 2 rings (SSSR count). The van der Waals surface area contributed by atoms with Crippen molar-refractivity contribution in [3.05, 3.63) is 64.7 Å². The molecule has 2 aromatic rings. The summed E-state index contributed by atoms with van der Waals surface area (Å²) < 4.78 is 29.8. The van der Waals surface area contributed by atoms with E-state index in [0.717, 1.165) is 16.7 Å². The summed E-state index contributed by atoms with van der Waals surface area (Å²) in [5, 5.41) is 10.2. The maximum absolute atomic E-state index is 12.4. The van der Waals surface area contributed by atoms with Crippen molar-refractivity contribution in [1.82, 2.24) is 0 Å². The van der Waals surface area contributed by atoms with E-state index in [0.29, 0.717) is 11.3 Å². The van der Waals surface area contributed by atoms with E-state index in [4.69, 9.17) is 4.74 Å². The average molecular weight is 334 g/mol. The minimum atomic E-state index is -3.43. The third-order valence-corrected chi connectivity index (χ3v) is 5.16. The summed E-state index contributed by atoms with van der Waals surface area (Å²) in [4.78, 5) is 0. The van der Waals surface area contributed by atoms with Crippen LogP contribution in [-0.2, 0) is 15.6 Å². The lowest BCUT2D eigenvalue weighted by atomic mass is 10.1. The molecule has 1 unspecified atom stereocenters.